The third-order valence-corrected chi connectivity index (χ3v) is 8.60. The van der Waals surface area contributed by atoms with Crippen molar-refractivity contribution < 1.29 is 24.1 Å². The molecule has 2 aromatic heterocycles. The molecule has 47 heavy (non-hydrogen) atoms. The fourth-order valence-corrected chi connectivity index (χ4v) is 6.31. The summed E-state index contributed by atoms with van der Waals surface area (Å²) in [6.07, 6.45) is -0.555. The molecule has 3 aromatic carbocycles. The fraction of sp³-hybridized carbons (Fsp3) is 0.294. The van der Waals surface area contributed by atoms with Gasteiger partial charge in [-0.15, -0.1) is 0 Å². The molecule has 5 aromatic rings. The predicted octanol–water partition coefficient (Wildman–Crippen LogP) is 4.78. The zero-order valence-corrected chi connectivity index (χ0v) is 27.9. The molecule has 1 aliphatic heterocycles. The highest BCUT2D eigenvalue weighted by Crippen LogP contribution is 2.43. The third kappa shape index (κ3) is 6.39. The van der Waals surface area contributed by atoms with E-state index in [-0.39, 0.29) is 30.1 Å². The van der Waals surface area contributed by atoms with Gasteiger partial charge in [0.05, 0.1) is 33.3 Å². The van der Waals surface area contributed by atoms with Crippen LogP contribution in [0.2, 0.25) is 0 Å². The van der Waals surface area contributed by atoms with Gasteiger partial charge in [-0.3, -0.25) is 14.3 Å². The van der Waals surface area contributed by atoms with Crippen LogP contribution in [0.1, 0.15) is 29.3 Å². The van der Waals surface area contributed by atoms with Gasteiger partial charge in [0, 0.05) is 20.5 Å². The number of rotatable bonds is 11. The van der Waals surface area contributed by atoms with Crippen LogP contribution in [0, 0.1) is 0 Å². The zero-order valence-electron chi connectivity index (χ0n) is 26.3. The van der Waals surface area contributed by atoms with E-state index in [1.807, 2.05) is 93.0 Å². The van der Waals surface area contributed by atoms with Crippen molar-refractivity contribution in [3.05, 3.63) is 111 Å². The Kier molecular flexibility index (Phi) is 9.41. The minimum absolute atomic E-state index is 0.0290. The molecule has 0 radical (unpaired) electrons. The second kappa shape index (κ2) is 13.7. The minimum atomic E-state index is -1.09. The number of H-pyrrole nitrogens is 1. The smallest absolute Gasteiger partial charge is 0.280 e. The number of ether oxygens (including phenoxy) is 4. The summed E-state index contributed by atoms with van der Waals surface area (Å²) in [4.78, 5) is 30.4. The molecule has 244 valence electrons. The van der Waals surface area contributed by atoms with Gasteiger partial charge >= 0.3 is 0 Å². The number of methoxy groups -OCH3 is 2. The van der Waals surface area contributed by atoms with E-state index in [2.05, 4.69) is 35.9 Å². The molecule has 0 amide bonds. The number of aliphatic hydroxyl groups is 1. The lowest BCUT2D eigenvalue weighted by atomic mass is 9.80. The minimum Gasteiger partial charge on any atom is -0.497 e. The predicted molar refractivity (Wildman–Crippen MR) is 180 cm³/mol. The van der Waals surface area contributed by atoms with E-state index in [4.69, 9.17) is 18.9 Å². The van der Waals surface area contributed by atoms with Crippen molar-refractivity contribution in [3.8, 4) is 11.5 Å². The highest BCUT2D eigenvalue weighted by atomic mass is 79.9. The van der Waals surface area contributed by atoms with Gasteiger partial charge in [-0.25, -0.2) is 9.98 Å². The van der Waals surface area contributed by atoms with Crippen molar-refractivity contribution in [2.45, 2.75) is 30.5 Å². The molecule has 2 N–H and O–H groups in total. The summed E-state index contributed by atoms with van der Waals surface area (Å²) in [5, 5.41) is 11.3. The van der Waals surface area contributed by atoms with Gasteiger partial charge in [0.2, 0.25) is 5.95 Å². The Morgan fingerprint density at radius 2 is 1.60 bits per heavy atom. The van der Waals surface area contributed by atoms with Crippen LogP contribution >= 0.6 is 15.9 Å². The van der Waals surface area contributed by atoms with Crippen molar-refractivity contribution in [2.24, 2.45) is 4.99 Å². The number of halogens is 1. The van der Waals surface area contributed by atoms with Crippen molar-refractivity contribution in [1.82, 2.24) is 24.4 Å². The first-order valence-electron chi connectivity index (χ1n) is 14.9. The number of aromatic amines is 1. The first-order valence-corrected chi connectivity index (χ1v) is 15.7. The van der Waals surface area contributed by atoms with Gasteiger partial charge in [-0.1, -0.05) is 54.6 Å². The fourth-order valence-electron chi connectivity index (χ4n) is 5.74. The number of nitrogens with zero attached hydrogens (tertiary/aromatic N) is 5. The standard InChI is InChI=1S/C34H35BrN6O6/c1-40(2)20-36-33-38-30-29(31(43)39-33)37-32(35)41(30)28-18-26(42)27(47-28)19-46-34(21-8-6-5-7-9-21,22-10-14-24(44-3)15-11-22)23-12-16-25(45-4)17-13-23/h5-17,20,26-28,42H,18-19H2,1-4H3,(H,38,39,43). The molecule has 3 heterocycles. The average molecular weight is 704 g/mol. The van der Waals surface area contributed by atoms with Crippen LogP contribution < -0.4 is 15.0 Å². The zero-order chi connectivity index (χ0) is 33.1. The molecular formula is C34H35BrN6O6. The van der Waals surface area contributed by atoms with Crippen LogP contribution in [0.5, 0.6) is 11.5 Å². The van der Waals surface area contributed by atoms with Gasteiger partial charge < -0.3 is 29.0 Å². The van der Waals surface area contributed by atoms with E-state index in [0.29, 0.717) is 16.2 Å². The van der Waals surface area contributed by atoms with E-state index in [1.54, 1.807) is 23.7 Å². The number of fused-ring (bicyclic) bond motifs is 1. The van der Waals surface area contributed by atoms with Crippen molar-refractivity contribution >= 4 is 39.4 Å². The molecule has 6 rings (SSSR count). The molecule has 0 saturated carbocycles. The second-order valence-electron chi connectivity index (χ2n) is 11.3. The lowest BCUT2D eigenvalue weighted by molar-refractivity contribution is -0.0934. The molecule has 0 aliphatic carbocycles. The Bertz CT molecular complexity index is 1860. The summed E-state index contributed by atoms with van der Waals surface area (Å²) in [6.45, 7) is 0.0290. The molecule has 1 saturated heterocycles. The van der Waals surface area contributed by atoms with Crippen LogP contribution in [0.15, 0.2) is 93.4 Å². The largest absolute Gasteiger partial charge is 0.497 e. The number of aliphatic imine (C=N–C) groups is 1. The molecule has 1 aliphatic rings. The third-order valence-electron chi connectivity index (χ3n) is 8.04. The van der Waals surface area contributed by atoms with E-state index in [1.165, 1.54) is 6.34 Å². The normalized spacial score (nSPS) is 18.2. The van der Waals surface area contributed by atoms with E-state index < -0.39 is 29.6 Å². The number of hydrogen-bond acceptors (Lipinski definition) is 9. The number of nitrogens with one attached hydrogen (secondary N) is 1. The monoisotopic (exact) mass is 702 g/mol. The average Bonchev–Trinajstić information content (AvgIpc) is 3.63. The van der Waals surface area contributed by atoms with Crippen molar-refractivity contribution in [3.63, 3.8) is 0 Å². The SMILES string of the molecule is COc1ccc(C(OCC2OC(n3c(Br)nc4c(=O)[nH]c(N=CN(C)C)nc43)CC2O)(c2ccccc2)c2ccc(OC)cc2)cc1. The highest BCUT2D eigenvalue weighted by Gasteiger charge is 2.42. The molecule has 13 heteroatoms. The van der Waals surface area contributed by atoms with Crippen LogP contribution in [0.4, 0.5) is 5.95 Å². The molecule has 0 spiro atoms. The van der Waals surface area contributed by atoms with Crippen LogP contribution in [0.25, 0.3) is 11.2 Å². The number of aromatic nitrogens is 4. The topological polar surface area (TPSA) is 136 Å². The van der Waals surface area contributed by atoms with Gasteiger partial charge in [-0.05, 0) is 56.9 Å². The summed E-state index contributed by atoms with van der Waals surface area (Å²) in [6, 6.07) is 25.4. The molecule has 1 fully saturated rings. The molecule has 3 atom stereocenters. The summed E-state index contributed by atoms with van der Waals surface area (Å²) in [5.41, 5.74) is 1.48. The van der Waals surface area contributed by atoms with Crippen LogP contribution in [-0.2, 0) is 15.1 Å². The van der Waals surface area contributed by atoms with Gasteiger partial charge in [-0.2, -0.15) is 4.98 Å². The molecule has 0 bridgehead atoms. The Morgan fingerprint density at radius 1 is 1.00 bits per heavy atom. The van der Waals surface area contributed by atoms with E-state index in [9.17, 15) is 9.90 Å². The van der Waals surface area contributed by atoms with Crippen molar-refractivity contribution in [2.75, 3.05) is 34.9 Å². The number of benzene rings is 3. The maximum Gasteiger partial charge on any atom is 0.280 e. The van der Waals surface area contributed by atoms with Crippen LogP contribution in [-0.4, -0.2) is 83.0 Å². The molecular weight excluding hydrogens is 668 g/mol. The lowest BCUT2D eigenvalue weighted by Gasteiger charge is -2.37. The maximum absolute atomic E-state index is 12.8. The van der Waals surface area contributed by atoms with E-state index >= 15 is 0 Å². The van der Waals surface area contributed by atoms with Gasteiger partial charge in [0.15, 0.2) is 15.9 Å². The number of aliphatic hydroxyl groups excluding tert-OH is 1. The quantitative estimate of drug-likeness (QED) is 0.0863. The second-order valence-corrected chi connectivity index (χ2v) is 12.0. The van der Waals surface area contributed by atoms with Gasteiger partial charge in [0.1, 0.15) is 29.4 Å². The van der Waals surface area contributed by atoms with Gasteiger partial charge in [0.25, 0.3) is 5.56 Å². The Morgan fingerprint density at radius 3 is 2.17 bits per heavy atom. The van der Waals surface area contributed by atoms with Crippen molar-refractivity contribution in [1.29, 1.82) is 0 Å². The highest BCUT2D eigenvalue weighted by molar-refractivity contribution is 9.10. The maximum atomic E-state index is 12.8. The summed E-state index contributed by atoms with van der Waals surface area (Å²) in [7, 11) is 6.87. The number of imidazole rings is 1. The molecule has 3 unspecified atom stereocenters. The first-order chi connectivity index (χ1) is 22.7. The summed E-state index contributed by atoms with van der Waals surface area (Å²) in [5.74, 6) is 1.54. The van der Waals surface area contributed by atoms with Crippen LogP contribution in [0.3, 0.4) is 0 Å². The lowest BCUT2D eigenvalue weighted by Crippen LogP contribution is -2.38. The Balaban J connectivity index is 1.36. The summed E-state index contributed by atoms with van der Waals surface area (Å²) >= 11 is 3.47. The Hall–Kier alpha value is -4.56. The first kappa shape index (κ1) is 32.4. The van der Waals surface area contributed by atoms with E-state index in [0.717, 1.165) is 16.7 Å². The summed E-state index contributed by atoms with van der Waals surface area (Å²) < 4.78 is 26.3. The Labute approximate surface area is 279 Å². The molecule has 12 nitrogen and oxygen atoms in total. The number of hydrogen-bond donors (Lipinski definition) is 2.